The number of alkyl halides is 1. The summed E-state index contributed by atoms with van der Waals surface area (Å²) in [6.45, 7) is 0.538. The third kappa shape index (κ3) is 3.03. The maximum atomic E-state index is 14.0. The number of aromatic nitrogens is 1. The molecule has 1 N–H and O–H groups in total. The minimum absolute atomic E-state index is 0.244. The van der Waals surface area contributed by atoms with Gasteiger partial charge in [-0.1, -0.05) is 12.1 Å². The Balaban J connectivity index is 1.97. The predicted molar refractivity (Wildman–Crippen MR) is 106 cm³/mol. The van der Waals surface area contributed by atoms with Crippen LogP contribution in [-0.2, 0) is 22.6 Å². The second-order valence-electron chi connectivity index (χ2n) is 6.64. The molecular weight excluding hydrogens is 383 g/mol. The highest BCUT2D eigenvalue weighted by Crippen LogP contribution is 2.38. The van der Waals surface area contributed by atoms with Crippen LogP contribution in [0.15, 0.2) is 36.3 Å². The van der Waals surface area contributed by atoms with Gasteiger partial charge in [-0.3, -0.25) is 14.9 Å². The van der Waals surface area contributed by atoms with E-state index < -0.39 is 11.8 Å². The molecule has 0 bridgehead atoms. The van der Waals surface area contributed by atoms with E-state index in [0.717, 1.165) is 5.69 Å². The van der Waals surface area contributed by atoms with E-state index in [-0.39, 0.29) is 17.0 Å². The molecule has 1 aliphatic carbocycles. The summed E-state index contributed by atoms with van der Waals surface area (Å²) in [5.41, 5.74) is 3.16. The number of allylic oxidation sites excluding steroid dienone is 1. The van der Waals surface area contributed by atoms with Gasteiger partial charge in [-0.25, -0.2) is 4.39 Å². The SMILES string of the molecule is COc1cccc(C2=C(c3cn(CCCl)c4c3C=C(F)CC4)C(=O)NC2=O)c1. The van der Waals surface area contributed by atoms with Crippen LogP contribution in [0.1, 0.15) is 28.8 Å². The van der Waals surface area contributed by atoms with Crippen molar-refractivity contribution < 1.29 is 18.7 Å². The van der Waals surface area contributed by atoms with E-state index in [1.807, 2.05) is 4.57 Å². The molecule has 7 heteroatoms. The van der Waals surface area contributed by atoms with Gasteiger partial charge in [0.25, 0.3) is 11.8 Å². The number of carbonyl (C=O) groups is 2. The largest absolute Gasteiger partial charge is 0.497 e. The topological polar surface area (TPSA) is 60.3 Å². The van der Waals surface area contributed by atoms with Gasteiger partial charge in [-0.05, 0) is 30.2 Å². The fourth-order valence-electron chi connectivity index (χ4n) is 3.78. The molecule has 2 amide bonds. The first-order valence-electron chi connectivity index (χ1n) is 8.92. The molecule has 0 fully saturated rings. The third-order valence-corrected chi connectivity index (χ3v) is 5.19. The Morgan fingerprint density at radius 2 is 2.00 bits per heavy atom. The maximum absolute atomic E-state index is 14.0. The minimum Gasteiger partial charge on any atom is -0.497 e. The van der Waals surface area contributed by atoms with Crippen LogP contribution in [-0.4, -0.2) is 29.4 Å². The Morgan fingerprint density at radius 3 is 2.75 bits per heavy atom. The fourth-order valence-corrected chi connectivity index (χ4v) is 3.96. The van der Waals surface area contributed by atoms with E-state index in [2.05, 4.69) is 5.32 Å². The number of benzene rings is 1. The average molecular weight is 401 g/mol. The lowest BCUT2D eigenvalue weighted by atomic mass is 9.92. The summed E-state index contributed by atoms with van der Waals surface area (Å²) in [7, 11) is 1.53. The molecule has 1 aromatic carbocycles. The molecule has 2 aliphatic rings. The molecule has 144 valence electrons. The van der Waals surface area contributed by atoms with Crippen molar-refractivity contribution in [3.63, 3.8) is 0 Å². The first kappa shape index (κ1) is 18.5. The number of nitrogens with one attached hydrogen (secondary N) is 1. The number of hydrogen-bond donors (Lipinski definition) is 1. The molecule has 0 radical (unpaired) electrons. The maximum Gasteiger partial charge on any atom is 0.259 e. The van der Waals surface area contributed by atoms with Gasteiger partial charge in [0, 0.05) is 41.9 Å². The molecule has 0 spiro atoms. The zero-order valence-electron chi connectivity index (χ0n) is 15.2. The Kier molecular flexibility index (Phi) is 4.81. The molecule has 2 aromatic rings. The summed E-state index contributed by atoms with van der Waals surface area (Å²) >= 11 is 5.92. The van der Waals surface area contributed by atoms with Gasteiger partial charge in [0.1, 0.15) is 11.6 Å². The molecule has 1 aliphatic heterocycles. The van der Waals surface area contributed by atoms with Crippen molar-refractivity contribution in [2.45, 2.75) is 19.4 Å². The number of nitrogens with zero attached hydrogens (tertiary/aromatic N) is 1. The van der Waals surface area contributed by atoms with Gasteiger partial charge >= 0.3 is 0 Å². The molecule has 4 rings (SSSR count). The number of halogens is 2. The molecule has 0 atom stereocenters. The number of rotatable bonds is 5. The molecule has 0 unspecified atom stereocenters. The van der Waals surface area contributed by atoms with Crippen LogP contribution < -0.4 is 10.1 Å². The summed E-state index contributed by atoms with van der Waals surface area (Å²) in [5, 5.41) is 2.37. The quantitative estimate of drug-likeness (QED) is 0.616. The summed E-state index contributed by atoms with van der Waals surface area (Å²) in [6, 6.07) is 6.96. The van der Waals surface area contributed by atoms with Crippen molar-refractivity contribution >= 4 is 40.6 Å². The summed E-state index contributed by atoms with van der Waals surface area (Å²) in [4.78, 5) is 25.3. The Morgan fingerprint density at radius 1 is 1.21 bits per heavy atom. The van der Waals surface area contributed by atoms with Crippen molar-refractivity contribution in [3.8, 4) is 5.75 Å². The molecule has 0 saturated heterocycles. The van der Waals surface area contributed by atoms with Crippen molar-refractivity contribution in [1.82, 2.24) is 9.88 Å². The van der Waals surface area contributed by atoms with Gasteiger partial charge in [-0.2, -0.15) is 0 Å². The number of methoxy groups -OCH3 is 1. The van der Waals surface area contributed by atoms with Gasteiger partial charge in [0.2, 0.25) is 0 Å². The van der Waals surface area contributed by atoms with Crippen LogP contribution in [0.25, 0.3) is 17.2 Å². The number of imide groups is 1. The van der Waals surface area contributed by atoms with Crippen molar-refractivity contribution in [1.29, 1.82) is 0 Å². The van der Waals surface area contributed by atoms with E-state index in [1.165, 1.54) is 13.2 Å². The zero-order valence-corrected chi connectivity index (χ0v) is 16.0. The number of amides is 2. The van der Waals surface area contributed by atoms with E-state index in [9.17, 15) is 14.0 Å². The highest BCUT2D eigenvalue weighted by Gasteiger charge is 2.35. The van der Waals surface area contributed by atoms with E-state index in [1.54, 1.807) is 30.5 Å². The highest BCUT2D eigenvalue weighted by atomic mass is 35.5. The normalized spacial score (nSPS) is 16.2. The molecule has 5 nitrogen and oxygen atoms in total. The molecule has 0 saturated carbocycles. The monoisotopic (exact) mass is 400 g/mol. The third-order valence-electron chi connectivity index (χ3n) is 5.02. The van der Waals surface area contributed by atoms with E-state index in [0.29, 0.717) is 47.7 Å². The molecular formula is C21H18ClFN2O3. The van der Waals surface area contributed by atoms with Crippen LogP contribution in [0.4, 0.5) is 4.39 Å². The second kappa shape index (κ2) is 7.28. The Bertz CT molecular complexity index is 1050. The van der Waals surface area contributed by atoms with Gasteiger partial charge < -0.3 is 9.30 Å². The molecule has 1 aromatic heterocycles. The number of hydrogen-bond acceptors (Lipinski definition) is 3. The number of ether oxygens (including phenoxy) is 1. The minimum atomic E-state index is -0.493. The van der Waals surface area contributed by atoms with Crippen molar-refractivity contribution in [2.24, 2.45) is 0 Å². The molecule has 28 heavy (non-hydrogen) atoms. The standard InChI is InChI=1S/C21H18ClFN2O3/c1-28-14-4-2-3-12(9-14)18-19(21(27)24-20(18)26)16-11-25(8-7-22)17-6-5-13(23)10-15(16)17/h2-4,9-11H,5-8H2,1H3,(H,24,26,27). The Labute approximate surface area is 166 Å². The number of fused-ring (bicyclic) bond motifs is 1. The van der Waals surface area contributed by atoms with Crippen LogP contribution in [0.2, 0.25) is 0 Å². The number of carbonyl (C=O) groups excluding carboxylic acids is 2. The summed E-state index contributed by atoms with van der Waals surface area (Å²) in [5.74, 6) is -0.255. The first-order chi connectivity index (χ1) is 13.5. The second-order valence-corrected chi connectivity index (χ2v) is 7.02. The number of aryl methyl sites for hydroxylation is 1. The average Bonchev–Trinajstić information content (AvgIpc) is 3.18. The highest BCUT2D eigenvalue weighted by molar-refractivity contribution is 6.49. The van der Waals surface area contributed by atoms with E-state index in [4.69, 9.17) is 16.3 Å². The van der Waals surface area contributed by atoms with Gasteiger partial charge in [-0.15, -0.1) is 11.6 Å². The van der Waals surface area contributed by atoms with Crippen LogP contribution in [0, 0.1) is 0 Å². The lowest BCUT2D eigenvalue weighted by Crippen LogP contribution is -2.22. The Hall–Kier alpha value is -2.86. The summed E-state index contributed by atoms with van der Waals surface area (Å²) in [6.07, 6.45) is 4.07. The van der Waals surface area contributed by atoms with Crippen molar-refractivity contribution in [3.05, 3.63) is 58.7 Å². The predicted octanol–water partition coefficient (Wildman–Crippen LogP) is 3.56. The van der Waals surface area contributed by atoms with E-state index >= 15 is 0 Å². The van der Waals surface area contributed by atoms with Crippen molar-refractivity contribution in [2.75, 3.05) is 13.0 Å². The zero-order chi connectivity index (χ0) is 19.8. The first-order valence-corrected chi connectivity index (χ1v) is 9.45. The van der Waals surface area contributed by atoms with Gasteiger partial charge in [0.05, 0.1) is 18.3 Å². The van der Waals surface area contributed by atoms with Crippen LogP contribution >= 0.6 is 11.6 Å². The van der Waals surface area contributed by atoms with Gasteiger partial charge in [0.15, 0.2) is 0 Å². The van der Waals surface area contributed by atoms with Crippen LogP contribution in [0.5, 0.6) is 5.75 Å². The smallest absolute Gasteiger partial charge is 0.259 e. The fraction of sp³-hybridized carbons (Fsp3) is 0.238. The lowest BCUT2D eigenvalue weighted by molar-refractivity contribution is -0.122. The summed E-state index contributed by atoms with van der Waals surface area (Å²) < 4.78 is 21.2. The van der Waals surface area contributed by atoms with Crippen LogP contribution in [0.3, 0.4) is 0 Å². The lowest BCUT2D eigenvalue weighted by Gasteiger charge is -2.13. The molecule has 2 heterocycles.